The maximum atomic E-state index is 12.6. The van der Waals surface area contributed by atoms with E-state index in [1.165, 1.54) is 18.1 Å². The largest absolute Gasteiger partial charge is 0.483 e. The molecule has 2 N–H and O–H groups in total. The number of carbonyl (C=O) groups is 1. The summed E-state index contributed by atoms with van der Waals surface area (Å²) in [6.45, 7) is 10.5. The Morgan fingerprint density at radius 2 is 2.10 bits per heavy atom. The molecule has 10 nitrogen and oxygen atoms in total. The molecule has 0 aromatic heterocycles. The summed E-state index contributed by atoms with van der Waals surface area (Å²) in [5.41, 5.74) is 2.14. The monoisotopic (exact) mass is 577 g/mol. The summed E-state index contributed by atoms with van der Waals surface area (Å²) >= 11 is 0. The molecule has 10 heteroatoms. The first kappa shape index (κ1) is 29.4. The number of fused-ring (bicyclic) bond motifs is 2. The lowest BCUT2D eigenvalue weighted by atomic mass is 9.72. The number of aryl methyl sites for hydroxylation is 1. The molecule has 3 saturated heterocycles. The van der Waals surface area contributed by atoms with Crippen LogP contribution in [0.15, 0.2) is 30.9 Å². The fourth-order valence-electron chi connectivity index (χ4n) is 8.09. The van der Waals surface area contributed by atoms with Crippen LogP contribution in [0.25, 0.3) is 0 Å². The van der Waals surface area contributed by atoms with Gasteiger partial charge in [-0.2, -0.15) is 5.26 Å². The summed E-state index contributed by atoms with van der Waals surface area (Å²) in [6.07, 6.45) is 6.74. The first-order chi connectivity index (χ1) is 20.3. The van der Waals surface area contributed by atoms with Crippen LogP contribution < -0.4 is 20.3 Å². The van der Waals surface area contributed by atoms with Gasteiger partial charge in [0.05, 0.1) is 43.5 Å². The van der Waals surface area contributed by atoms with Gasteiger partial charge in [-0.25, -0.2) is 0 Å². The van der Waals surface area contributed by atoms with Gasteiger partial charge in [-0.3, -0.25) is 20.3 Å². The van der Waals surface area contributed by atoms with E-state index in [0.29, 0.717) is 38.1 Å². The highest BCUT2D eigenvalue weighted by Gasteiger charge is 2.52. The molecule has 1 aliphatic carbocycles. The number of likely N-dealkylation sites (N-methyl/N-ethyl adjacent to an activating group) is 2. The number of rotatable bonds is 6. The molecule has 4 heterocycles. The van der Waals surface area contributed by atoms with Crippen LogP contribution in [0, 0.1) is 24.2 Å². The van der Waals surface area contributed by atoms with Crippen LogP contribution in [-0.4, -0.2) is 110 Å². The number of hydrogen-bond donors (Lipinski definition) is 2. The number of benzene rings is 1. The molecule has 0 radical (unpaired) electrons. The summed E-state index contributed by atoms with van der Waals surface area (Å²) in [6, 6.07) is 9.27. The van der Waals surface area contributed by atoms with E-state index in [1.807, 2.05) is 4.90 Å². The van der Waals surface area contributed by atoms with E-state index in [9.17, 15) is 10.1 Å². The number of likely N-dealkylation sites (tertiary alicyclic amines) is 1. The predicted octanol–water partition coefficient (Wildman–Crippen LogP) is 2.26. The van der Waals surface area contributed by atoms with Gasteiger partial charge in [0.2, 0.25) is 5.91 Å². The number of nitrogens with one attached hydrogen (secondary N) is 2. The summed E-state index contributed by atoms with van der Waals surface area (Å²) < 4.78 is 13.4. The number of nitrogens with zero attached hydrogens (tertiary/aromatic N) is 5. The number of carbonyl (C=O) groups excluding carboxylic acids is 1. The molecule has 4 aliphatic heterocycles. The number of piperazine rings is 1. The highest BCUT2D eigenvalue weighted by atomic mass is 16.5. The van der Waals surface area contributed by atoms with Crippen LogP contribution >= 0.6 is 0 Å². The molecular weight excluding hydrogens is 530 g/mol. The quantitative estimate of drug-likeness (QED) is 0.494. The van der Waals surface area contributed by atoms with E-state index in [4.69, 9.17) is 9.47 Å². The van der Waals surface area contributed by atoms with Crippen LogP contribution in [-0.2, 0) is 9.53 Å². The number of hydrogen-bond acceptors (Lipinski definition) is 9. The first-order valence-electron chi connectivity index (χ1n) is 15.7. The summed E-state index contributed by atoms with van der Waals surface area (Å²) in [4.78, 5) is 21.6. The van der Waals surface area contributed by atoms with Gasteiger partial charge in [0.1, 0.15) is 11.4 Å². The highest BCUT2D eigenvalue weighted by molar-refractivity contribution is 5.87. The van der Waals surface area contributed by atoms with Gasteiger partial charge in [-0.1, -0.05) is 12.6 Å². The Morgan fingerprint density at radius 1 is 1.24 bits per heavy atom. The molecule has 1 aromatic rings. The lowest BCUT2D eigenvalue weighted by Gasteiger charge is -2.56. The smallest absolute Gasteiger partial charge is 0.246 e. The minimum atomic E-state index is -0.279. The Labute approximate surface area is 250 Å². The second-order valence-corrected chi connectivity index (χ2v) is 13.1. The average Bonchev–Trinajstić information content (AvgIpc) is 3.40. The van der Waals surface area contributed by atoms with Crippen molar-refractivity contribution in [1.82, 2.24) is 25.3 Å². The van der Waals surface area contributed by atoms with Crippen LogP contribution in [0.5, 0.6) is 5.75 Å². The second kappa shape index (κ2) is 12.1. The van der Waals surface area contributed by atoms with Crippen molar-refractivity contribution in [2.45, 2.75) is 81.7 Å². The average molecular weight is 578 g/mol. The molecule has 0 bridgehead atoms. The molecule has 6 unspecified atom stereocenters. The fraction of sp³-hybridized carbons (Fsp3) is 0.688. The standard InChI is InChI=1S/C32H47N7O3/c1-5-29(40)39-16-15-38(19-23(39)11-13-33)30-25-10-12-32(21-37(4)27-17-22(2)8-9-28(27)42-32)18-26(25)34-31(35-30)41-20-24-7-6-14-36(24)3/h5,8-9,17,23-26,30-31,34-35H,1,6-7,10-12,14-16,18-21H2,2-4H3/t23?,24?,25?,26?,30?,31?,32-/m1/s1. The van der Waals surface area contributed by atoms with Crippen LogP contribution in [0.2, 0.25) is 0 Å². The normalized spacial score (nSPS) is 35.3. The van der Waals surface area contributed by atoms with Gasteiger partial charge in [0, 0.05) is 51.1 Å². The molecule has 1 saturated carbocycles. The Bertz CT molecular complexity index is 1210. The van der Waals surface area contributed by atoms with Crippen LogP contribution in [0.4, 0.5) is 5.69 Å². The lowest BCUT2D eigenvalue weighted by molar-refractivity contribution is -0.139. The zero-order valence-corrected chi connectivity index (χ0v) is 25.4. The molecular formula is C32H47N7O3. The van der Waals surface area contributed by atoms with Crippen molar-refractivity contribution in [3.63, 3.8) is 0 Å². The van der Waals surface area contributed by atoms with Gasteiger partial charge >= 0.3 is 0 Å². The van der Waals surface area contributed by atoms with E-state index < -0.39 is 0 Å². The molecule has 1 aromatic carbocycles. The molecule has 42 heavy (non-hydrogen) atoms. The maximum Gasteiger partial charge on any atom is 0.246 e. The number of nitriles is 1. The van der Waals surface area contributed by atoms with Crippen molar-refractivity contribution in [3.8, 4) is 11.8 Å². The molecule has 6 rings (SSSR count). The van der Waals surface area contributed by atoms with E-state index in [-0.39, 0.29) is 36.1 Å². The fourth-order valence-corrected chi connectivity index (χ4v) is 8.09. The van der Waals surface area contributed by atoms with Crippen molar-refractivity contribution in [1.29, 1.82) is 5.26 Å². The van der Waals surface area contributed by atoms with E-state index in [0.717, 1.165) is 56.8 Å². The SMILES string of the molecule is C=CC(=O)N1CCN(C2NC(OCC3CCCN3C)NC3C[C@]4(CCC32)CN(C)c2cc(C)ccc2O4)CC1CC#N. The summed E-state index contributed by atoms with van der Waals surface area (Å²) in [5, 5.41) is 17.2. The lowest BCUT2D eigenvalue weighted by Crippen LogP contribution is -2.73. The first-order valence-corrected chi connectivity index (χ1v) is 15.7. The van der Waals surface area contributed by atoms with Crippen molar-refractivity contribution >= 4 is 11.6 Å². The van der Waals surface area contributed by atoms with E-state index >= 15 is 0 Å². The Morgan fingerprint density at radius 3 is 2.86 bits per heavy atom. The molecule has 1 amide bonds. The Balaban J connectivity index is 1.22. The number of ether oxygens (including phenoxy) is 2. The van der Waals surface area contributed by atoms with Crippen LogP contribution in [0.3, 0.4) is 0 Å². The zero-order chi connectivity index (χ0) is 29.4. The van der Waals surface area contributed by atoms with Crippen molar-refractivity contribution in [3.05, 3.63) is 36.4 Å². The number of anilines is 1. The third-order valence-electron chi connectivity index (χ3n) is 10.3. The molecule has 1 spiro atoms. The third kappa shape index (κ3) is 5.78. The molecule has 5 aliphatic rings. The topological polar surface area (TPSA) is 96.3 Å². The number of amides is 1. The third-order valence-corrected chi connectivity index (χ3v) is 10.3. The predicted molar refractivity (Wildman–Crippen MR) is 162 cm³/mol. The summed E-state index contributed by atoms with van der Waals surface area (Å²) in [7, 11) is 4.36. The Hall–Kier alpha value is -2.68. The van der Waals surface area contributed by atoms with Crippen LogP contribution in [0.1, 0.15) is 44.1 Å². The molecule has 228 valence electrons. The highest BCUT2D eigenvalue weighted by Crippen LogP contribution is 2.46. The second-order valence-electron chi connectivity index (χ2n) is 13.1. The van der Waals surface area contributed by atoms with Crippen molar-refractivity contribution < 1.29 is 14.3 Å². The Kier molecular flexibility index (Phi) is 8.49. The molecule has 4 fully saturated rings. The van der Waals surface area contributed by atoms with Crippen molar-refractivity contribution in [2.24, 2.45) is 5.92 Å². The van der Waals surface area contributed by atoms with E-state index in [1.54, 1.807) is 0 Å². The minimum absolute atomic E-state index is 0.0818. The van der Waals surface area contributed by atoms with Gasteiger partial charge in [-0.05, 0) is 70.0 Å². The minimum Gasteiger partial charge on any atom is -0.483 e. The van der Waals surface area contributed by atoms with E-state index in [2.05, 4.69) is 77.2 Å². The van der Waals surface area contributed by atoms with Gasteiger partial charge < -0.3 is 24.2 Å². The van der Waals surface area contributed by atoms with Gasteiger partial charge in [0.25, 0.3) is 0 Å². The van der Waals surface area contributed by atoms with Gasteiger partial charge in [-0.15, -0.1) is 0 Å². The summed E-state index contributed by atoms with van der Waals surface area (Å²) in [5.74, 6) is 1.22. The molecule has 7 atom stereocenters. The zero-order valence-electron chi connectivity index (χ0n) is 25.4. The maximum absolute atomic E-state index is 12.6. The van der Waals surface area contributed by atoms with Gasteiger partial charge in [0.15, 0.2) is 6.35 Å². The van der Waals surface area contributed by atoms with Crippen molar-refractivity contribution in [2.75, 3.05) is 58.3 Å².